The fourth-order valence-corrected chi connectivity index (χ4v) is 5.31. The summed E-state index contributed by atoms with van der Waals surface area (Å²) in [6.45, 7) is 6.73. The minimum absolute atomic E-state index is 0.131. The number of aryl methyl sites for hydroxylation is 2. The average Bonchev–Trinajstić information content (AvgIpc) is 3.24. The summed E-state index contributed by atoms with van der Waals surface area (Å²) in [5.41, 5.74) is 4.80. The molecule has 0 aromatic heterocycles. The van der Waals surface area contributed by atoms with Crippen LogP contribution >= 0.6 is 27.7 Å². The first-order valence-electron chi connectivity index (χ1n) is 12.5. The Morgan fingerprint density at radius 3 is 2.21 bits per heavy atom. The maximum absolute atomic E-state index is 13.8. The van der Waals surface area contributed by atoms with Crippen molar-refractivity contribution in [3.63, 3.8) is 0 Å². The minimum Gasteiger partial charge on any atom is -0.490 e. The lowest BCUT2D eigenvalue weighted by Crippen LogP contribution is -2.28. The number of ether oxygens (including phenoxy) is 2. The van der Waals surface area contributed by atoms with Crippen molar-refractivity contribution in [1.82, 2.24) is 0 Å². The predicted octanol–water partition coefficient (Wildman–Crippen LogP) is 7.79. The summed E-state index contributed by atoms with van der Waals surface area (Å²) in [5.74, 6) is 3.43. The summed E-state index contributed by atoms with van der Waals surface area (Å²) in [5, 5.41) is 0.602. The number of nitrogens with zero attached hydrogens (tertiary/aromatic N) is 2. The fraction of sp³-hybridized carbons (Fsp3) is 0.226. The van der Waals surface area contributed by atoms with Crippen LogP contribution in [-0.4, -0.2) is 24.3 Å². The Bertz CT molecular complexity index is 1410. The molecule has 1 saturated heterocycles. The van der Waals surface area contributed by atoms with E-state index >= 15 is 0 Å². The molecule has 0 N–H and O–H groups in total. The summed E-state index contributed by atoms with van der Waals surface area (Å²) in [6, 6.07) is 19.8. The van der Waals surface area contributed by atoms with Gasteiger partial charge < -0.3 is 9.47 Å². The van der Waals surface area contributed by atoms with Crippen LogP contribution in [0.4, 0.5) is 11.4 Å². The van der Waals surface area contributed by atoms with Gasteiger partial charge in [-0.15, -0.1) is 6.42 Å². The Labute approximate surface area is 237 Å². The highest BCUT2D eigenvalue weighted by Crippen LogP contribution is 2.40. The molecule has 38 heavy (non-hydrogen) atoms. The molecule has 0 saturated carbocycles. The molecule has 1 aliphatic rings. The number of benzene rings is 3. The third kappa shape index (κ3) is 6.32. The fourth-order valence-electron chi connectivity index (χ4n) is 3.88. The number of hydrogen-bond donors (Lipinski definition) is 0. The van der Waals surface area contributed by atoms with Crippen LogP contribution in [0.25, 0.3) is 6.08 Å². The molecule has 1 heterocycles. The van der Waals surface area contributed by atoms with Crippen molar-refractivity contribution in [3.05, 3.63) is 86.7 Å². The number of amides is 1. The number of rotatable bonds is 9. The molecule has 0 atom stereocenters. The van der Waals surface area contributed by atoms with Crippen LogP contribution in [0.15, 0.2) is 75.0 Å². The summed E-state index contributed by atoms with van der Waals surface area (Å²) in [4.78, 5) is 20.8. The van der Waals surface area contributed by atoms with Gasteiger partial charge in [0.05, 0.1) is 22.9 Å². The van der Waals surface area contributed by atoms with Gasteiger partial charge >= 0.3 is 0 Å². The molecule has 194 valence electrons. The zero-order valence-electron chi connectivity index (χ0n) is 21.7. The van der Waals surface area contributed by atoms with E-state index in [0.29, 0.717) is 28.2 Å². The Hall–Kier alpha value is -3.47. The van der Waals surface area contributed by atoms with E-state index in [0.717, 1.165) is 34.3 Å². The molecule has 0 unspecified atom stereocenters. The Kier molecular flexibility index (Phi) is 9.33. The number of terminal acetylenes is 1. The highest BCUT2D eigenvalue weighted by molar-refractivity contribution is 9.10. The van der Waals surface area contributed by atoms with Crippen molar-refractivity contribution >= 4 is 56.2 Å². The molecule has 4 rings (SSSR count). The van der Waals surface area contributed by atoms with Gasteiger partial charge in [-0.25, -0.2) is 4.99 Å². The van der Waals surface area contributed by atoms with Gasteiger partial charge in [0.15, 0.2) is 16.7 Å². The summed E-state index contributed by atoms with van der Waals surface area (Å²) in [6.07, 6.45) is 9.09. The molecule has 0 radical (unpaired) electrons. The number of anilines is 1. The molecule has 7 heteroatoms. The highest BCUT2D eigenvalue weighted by atomic mass is 79.9. The number of carbonyl (C=O) groups excluding carboxylic acids is 1. The summed E-state index contributed by atoms with van der Waals surface area (Å²) < 4.78 is 12.2. The molecule has 0 bridgehead atoms. The van der Waals surface area contributed by atoms with Crippen molar-refractivity contribution in [2.75, 3.05) is 18.1 Å². The lowest BCUT2D eigenvalue weighted by Gasteiger charge is -2.16. The normalized spacial score (nSPS) is 15.2. The molecule has 1 fully saturated rings. The van der Waals surface area contributed by atoms with Crippen molar-refractivity contribution < 1.29 is 14.3 Å². The Balaban J connectivity index is 1.76. The van der Waals surface area contributed by atoms with Crippen LogP contribution in [0, 0.1) is 12.3 Å². The lowest BCUT2D eigenvalue weighted by molar-refractivity contribution is -0.113. The van der Waals surface area contributed by atoms with Gasteiger partial charge in [-0.2, -0.15) is 0 Å². The van der Waals surface area contributed by atoms with Crippen molar-refractivity contribution in [2.24, 2.45) is 4.99 Å². The number of halogens is 1. The van der Waals surface area contributed by atoms with Crippen LogP contribution < -0.4 is 14.4 Å². The Morgan fingerprint density at radius 1 is 0.974 bits per heavy atom. The molecule has 0 spiro atoms. The number of carbonyl (C=O) groups is 1. The zero-order chi connectivity index (χ0) is 27.1. The van der Waals surface area contributed by atoms with Gasteiger partial charge in [0.25, 0.3) is 5.91 Å². The number of aliphatic imine (C=N–C) groups is 1. The monoisotopic (exact) mass is 588 g/mol. The van der Waals surface area contributed by atoms with Gasteiger partial charge in [0.2, 0.25) is 0 Å². The topological polar surface area (TPSA) is 51.1 Å². The van der Waals surface area contributed by atoms with Gasteiger partial charge in [0, 0.05) is 4.47 Å². The first-order valence-corrected chi connectivity index (χ1v) is 14.1. The van der Waals surface area contributed by atoms with Crippen molar-refractivity contribution in [2.45, 2.75) is 33.6 Å². The van der Waals surface area contributed by atoms with Crippen LogP contribution in [0.3, 0.4) is 0 Å². The molecular formula is C31H29BrN2O3S. The van der Waals surface area contributed by atoms with Gasteiger partial charge in [-0.05, 0) is 90.7 Å². The van der Waals surface area contributed by atoms with E-state index in [-0.39, 0.29) is 12.5 Å². The van der Waals surface area contributed by atoms with E-state index in [2.05, 4.69) is 47.8 Å². The molecule has 1 aliphatic heterocycles. The lowest BCUT2D eigenvalue weighted by atomic mass is 10.1. The SMILES string of the molecule is C#CCOc1cc(Br)c(/C=C2\SC(=Nc3ccc(CC)cc3)N(c3ccc(CC)cc3)C2=O)cc1OCC. The van der Waals surface area contributed by atoms with E-state index in [4.69, 9.17) is 20.9 Å². The smallest absolute Gasteiger partial charge is 0.271 e. The third-order valence-corrected chi connectivity index (χ3v) is 7.59. The molecule has 1 amide bonds. The zero-order valence-corrected chi connectivity index (χ0v) is 24.1. The Morgan fingerprint density at radius 2 is 1.61 bits per heavy atom. The van der Waals surface area contributed by atoms with E-state index in [1.54, 1.807) is 4.90 Å². The first-order chi connectivity index (χ1) is 18.5. The van der Waals surface area contributed by atoms with E-state index in [9.17, 15) is 4.79 Å². The van der Waals surface area contributed by atoms with Crippen LogP contribution in [0.5, 0.6) is 11.5 Å². The quantitative estimate of drug-likeness (QED) is 0.189. The molecule has 5 nitrogen and oxygen atoms in total. The molecule has 0 aliphatic carbocycles. The summed E-state index contributed by atoms with van der Waals surface area (Å²) >= 11 is 4.96. The van der Waals surface area contributed by atoms with Crippen molar-refractivity contribution in [1.29, 1.82) is 0 Å². The second-order valence-electron chi connectivity index (χ2n) is 8.43. The number of amidine groups is 1. The first kappa shape index (κ1) is 27.6. The van der Waals surface area contributed by atoms with Crippen LogP contribution in [0.2, 0.25) is 0 Å². The van der Waals surface area contributed by atoms with Gasteiger partial charge in [0.1, 0.15) is 6.61 Å². The maximum atomic E-state index is 13.8. The van der Waals surface area contributed by atoms with E-state index in [1.165, 1.54) is 22.9 Å². The van der Waals surface area contributed by atoms with Crippen molar-refractivity contribution in [3.8, 4) is 23.8 Å². The van der Waals surface area contributed by atoms with Crippen LogP contribution in [0.1, 0.15) is 37.5 Å². The largest absolute Gasteiger partial charge is 0.490 e. The molecule has 3 aromatic carbocycles. The molecule has 3 aromatic rings. The van der Waals surface area contributed by atoms with E-state index in [1.807, 2.05) is 61.5 Å². The predicted molar refractivity (Wildman–Crippen MR) is 161 cm³/mol. The number of thioether (sulfide) groups is 1. The minimum atomic E-state index is -0.138. The highest BCUT2D eigenvalue weighted by Gasteiger charge is 2.35. The van der Waals surface area contributed by atoms with Gasteiger partial charge in [-0.1, -0.05) is 60.0 Å². The average molecular weight is 590 g/mol. The maximum Gasteiger partial charge on any atom is 0.271 e. The molecular weight excluding hydrogens is 560 g/mol. The van der Waals surface area contributed by atoms with Gasteiger partial charge in [-0.3, -0.25) is 9.69 Å². The van der Waals surface area contributed by atoms with Crippen LogP contribution in [-0.2, 0) is 17.6 Å². The second kappa shape index (κ2) is 12.9. The standard InChI is InChI=1S/C31H29BrN2O3S/c1-5-17-37-28-20-26(32)23(18-27(28)36-8-4)19-29-30(35)34(25-15-11-22(7-3)12-16-25)31(38-29)33-24-13-9-21(6-2)10-14-24/h1,9-16,18-20H,6-8,17H2,2-4H3/b29-19-,33-31?. The van der Waals surface area contributed by atoms with E-state index < -0.39 is 0 Å². The number of hydrogen-bond acceptors (Lipinski definition) is 5. The second-order valence-corrected chi connectivity index (χ2v) is 10.3. The summed E-state index contributed by atoms with van der Waals surface area (Å²) in [7, 11) is 0. The third-order valence-electron chi connectivity index (χ3n) is 5.94.